The van der Waals surface area contributed by atoms with Crippen LogP contribution in [0.4, 0.5) is 0 Å². The van der Waals surface area contributed by atoms with Gasteiger partial charge < -0.3 is 4.42 Å². The minimum atomic E-state index is -3.80. The molecule has 0 fully saturated rings. The molecule has 14 heavy (non-hydrogen) atoms. The summed E-state index contributed by atoms with van der Waals surface area (Å²) in [5.41, 5.74) is 0.413. The molecule has 2 aromatic rings. The first-order chi connectivity index (χ1) is 6.47. The number of rotatable bonds is 1. The second kappa shape index (κ2) is 2.86. The van der Waals surface area contributed by atoms with Gasteiger partial charge in [-0.15, -0.1) is 0 Å². The largest absolute Gasteiger partial charge is 0.439 e. The van der Waals surface area contributed by atoms with Crippen molar-refractivity contribution in [2.45, 2.75) is 4.90 Å². The summed E-state index contributed by atoms with van der Waals surface area (Å²) in [6.07, 6.45) is -0.760. The number of hydrogen-bond acceptors (Lipinski definition) is 4. The molecule has 0 atom stereocenters. The van der Waals surface area contributed by atoms with Gasteiger partial charge in [0.15, 0.2) is 5.58 Å². The van der Waals surface area contributed by atoms with Crippen LogP contribution in [0.2, 0.25) is 0 Å². The van der Waals surface area contributed by atoms with E-state index in [1.54, 1.807) is 0 Å². The number of benzene rings is 1. The lowest BCUT2D eigenvalue weighted by Gasteiger charge is -1.93. The fraction of sp³-hybridized carbons (Fsp3) is 0. The summed E-state index contributed by atoms with van der Waals surface area (Å²) in [6, 6.07) is 3.77. The summed E-state index contributed by atoms with van der Waals surface area (Å²) in [5.74, 6) is 0. The highest BCUT2D eigenvalue weighted by atomic mass is 35.7. The van der Waals surface area contributed by atoms with Gasteiger partial charge in [0, 0.05) is 16.7 Å². The molecule has 2 rings (SSSR count). The van der Waals surface area contributed by atoms with Crippen LogP contribution in [0, 0.1) is 0 Å². The third kappa shape index (κ3) is 1.53. The predicted octanol–water partition coefficient (Wildman–Crippen LogP) is 1.90. The van der Waals surface area contributed by atoms with E-state index >= 15 is 0 Å². The molecule has 0 saturated heterocycles. The van der Waals surface area contributed by atoms with Crippen LogP contribution in [0.1, 0.15) is 0 Å². The number of halogens is 1. The van der Waals surface area contributed by atoms with Crippen LogP contribution < -0.4 is 0 Å². The smallest absolute Gasteiger partial charge is 0.406 e. The van der Waals surface area contributed by atoms with E-state index in [0.717, 1.165) is 6.07 Å². The summed E-state index contributed by atoms with van der Waals surface area (Å²) in [7, 11) is 1.30. The molecule has 1 heterocycles. The first kappa shape index (κ1) is 9.29. The molecule has 0 amide bonds. The maximum atomic E-state index is 10.9. The van der Waals surface area contributed by atoms with Crippen molar-refractivity contribution in [3.05, 3.63) is 18.2 Å². The molecule has 0 aliphatic rings. The Morgan fingerprint density at radius 2 is 2.07 bits per heavy atom. The summed E-state index contributed by atoms with van der Waals surface area (Å²) < 4.78 is 26.4. The zero-order valence-corrected chi connectivity index (χ0v) is 8.17. The molecule has 5 nitrogen and oxygen atoms in total. The van der Waals surface area contributed by atoms with Gasteiger partial charge in [0.05, 0.1) is 4.90 Å². The van der Waals surface area contributed by atoms with Crippen molar-refractivity contribution in [2.24, 2.45) is 0 Å². The van der Waals surface area contributed by atoms with Crippen LogP contribution in [-0.2, 0) is 14.2 Å². The highest BCUT2D eigenvalue weighted by molar-refractivity contribution is 8.13. The monoisotopic (exact) mass is 232 g/mol. The number of hydrogen-bond donors (Lipinski definition) is 0. The molecule has 1 aromatic heterocycles. The van der Waals surface area contributed by atoms with E-state index < -0.39 is 15.1 Å². The number of fused-ring (bicyclic) bond motifs is 1. The van der Waals surface area contributed by atoms with Gasteiger partial charge in [0.25, 0.3) is 9.05 Å². The van der Waals surface area contributed by atoms with Gasteiger partial charge in [-0.1, -0.05) is 0 Å². The molecule has 73 valence electrons. The van der Waals surface area contributed by atoms with Gasteiger partial charge in [0.1, 0.15) is 5.52 Å². The molecule has 0 saturated carbocycles. The topological polar surface area (TPSA) is 80.1 Å². The Labute approximate surface area is 83.4 Å². The summed E-state index contributed by atoms with van der Waals surface area (Å²) in [6.45, 7) is 0. The predicted molar refractivity (Wildman–Crippen MR) is 47.2 cm³/mol. The molecule has 0 N–H and O–H groups in total. The third-order valence-corrected chi connectivity index (χ3v) is 2.97. The van der Waals surface area contributed by atoms with E-state index in [1.807, 2.05) is 0 Å². The van der Waals surface area contributed by atoms with Crippen molar-refractivity contribution in [2.75, 3.05) is 0 Å². The highest BCUT2D eigenvalue weighted by Gasteiger charge is 2.13. The van der Waals surface area contributed by atoms with E-state index in [0.29, 0.717) is 5.52 Å². The summed E-state index contributed by atoms with van der Waals surface area (Å²) >= 11 is 0. The second-order valence-corrected chi connectivity index (χ2v) is 5.11. The highest BCUT2D eigenvalue weighted by Crippen LogP contribution is 2.24. The lowest BCUT2D eigenvalue weighted by atomic mass is 10.3. The average molecular weight is 233 g/mol. The lowest BCUT2D eigenvalue weighted by Crippen LogP contribution is -1.88. The van der Waals surface area contributed by atoms with Gasteiger partial charge in [0.2, 0.25) is 0 Å². The Hall–Kier alpha value is -1.27. The van der Waals surface area contributed by atoms with Crippen LogP contribution in [0.15, 0.2) is 27.5 Å². The second-order valence-electron chi connectivity index (χ2n) is 2.55. The lowest BCUT2D eigenvalue weighted by molar-refractivity contribution is 0.245. The SMILES string of the molecule is [O]c1nc2ccc(S(=O)(=O)Cl)cc2o1. The van der Waals surface area contributed by atoms with Crippen LogP contribution in [-0.4, -0.2) is 13.4 Å². The van der Waals surface area contributed by atoms with Crippen LogP contribution in [0.25, 0.3) is 11.1 Å². The minimum absolute atomic E-state index is 0.108. The minimum Gasteiger partial charge on any atom is -0.406 e. The molecule has 7 heteroatoms. The van der Waals surface area contributed by atoms with Crippen molar-refractivity contribution < 1.29 is 17.9 Å². The molecule has 0 spiro atoms. The molecule has 0 bridgehead atoms. The van der Waals surface area contributed by atoms with Crippen molar-refractivity contribution in [3.63, 3.8) is 0 Å². The first-order valence-electron chi connectivity index (χ1n) is 3.49. The maximum Gasteiger partial charge on any atom is 0.439 e. The van der Waals surface area contributed by atoms with Gasteiger partial charge >= 0.3 is 6.08 Å². The van der Waals surface area contributed by atoms with E-state index in [9.17, 15) is 13.5 Å². The van der Waals surface area contributed by atoms with Crippen LogP contribution in [0.3, 0.4) is 0 Å². The van der Waals surface area contributed by atoms with Gasteiger partial charge in [-0.3, -0.25) is 0 Å². The zero-order valence-electron chi connectivity index (χ0n) is 6.60. The van der Waals surface area contributed by atoms with Crippen molar-refractivity contribution >= 4 is 30.8 Å². The third-order valence-electron chi connectivity index (χ3n) is 1.62. The zero-order chi connectivity index (χ0) is 10.3. The van der Waals surface area contributed by atoms with E-state index in [1.165, 1.54) is 12.1 Å². The maximum absolute atomic E-state index is 10.9. The Morgan fingerprint density at radius 3 is 2.71 bits per heavy atom. The first-order valence-corrected chi connectivity index (χ1v) is 5.80. The fourth-order valence-electron chi connectivity index (χ4n) is 1.04. The molecule has 1 aromatic carbocycles. The summed E-state index contributed by atoms with van der Waals surface area (Å²) in [5, 5.41) is 10.7. The quantitative estimate of drug-likeness (QED) is 0.704. The molecule has 0 aliphatic carbocycles. The average Bonchev–Trinajstić information content (AvgIpc) is 2.41. The van der Waals surface area contributed by atoms with Crippen LogP contribution in [0.5, 0.6) is 6.08 Å². The standard InChI is InChI=1S/C7H3ClNO4S/c8-14(11,12)4-1-2-5-6(3-4)13-7(10)9-5/h1-3H. The number of aromatic nitrogens is 1. The number of nitrogens with zero attached hydrogens (tertiary/aromatic N) is 1. The van der Waals surface area contributed by atoms with Crippen LogP contribution >= 0.6 is 10.7 Å². The Morgan fingerprint density at radius 1 is 1.36 bits per heavy atom. The fourth-order valence-corrected chi connectivity index (χ4v) is 1.80. The normalized spacial score (nSPS) is 12.1. The molecule has 1 radical (unpaired) electrons. The van der Waals surface area contributed by atoms with Crippen molar-refractivity contribution in [1.29, 1.82) is 0 Å². The Bertz CT molecular complexity index is 589. The van der Waals surface area contributed by atoms with Crippen molar-refractivity contribution in [3.8, 4) is 6.08 Å². The van der Waals surface area contributed by atoms with E-state index in [4.69, 9.17) is 10.7 Å². The Kier molecular flexibility index (Phi) is 1.90. The van der Waals surface area contributed by atoms with E-state index in [2.05, 4.69) is 9.40 Å². The molecular weight excluding hydrogens is 230 g/mol. The van der Waals surface area contributed by atoms with Gasteiger partial charge in [-0.25, -0.2) is 13.5 Å². The van der Waals surface area contributed by atoms with Gasteiger partial charge in [-0.2, -0.15) is 4.98 Å². The van der Waals surface area contributed by atoms with E-state index in [-0.39, 0.29) is 10.5 Å². The van der Waals surface area contributed by atoms with Gasteiger partial charge in [-0.05, 0) is 12.1 Å². The molecule has 0 unspecified atom stereocenters. The summed E-state index contributed by atoms with van der Waals surface area (Å²) in [4.78, 5) is 3.35. The molecule has 0 aliphatic heterocycles. The van der Waals surface area contributed by atoms with Crippen molar-refractivity contribution in [1.82, 2.24) is 4.98 Å². The molecular formula is C7H3ClNO4S. The number of oxazole rings is 1. The Balaban J connectivity index is 2.74.